The molecule has 1 N–H and O–H groups in total. The molecule has 0 bridgehead atoms. The van der Waals surface area contributed by atoms with Crippen molar-refractivity contribution in [2.24, 2.45) is 0 Å². The van der Waals surface area contributed by atoms with Gasteiger partial charge in [-0.3, -0.25) is 0 Å². The zero-order chi connectivity index (χ0) is 20.7. The van der Waals surface area contributed by atoms with Gasteiger partial charge < -0.3 is 19.4 Å². The molecule has 4 aromatic rings. The van der Waals surface area contributed by atoms with Crippen LogP contribution in [0.3, 0.4) is 0 Å². The van der Waals surface area contributed by atoms with Gasteiger partial charge in [0.25, 0.3) is 0 Å². The fourth-order valence-electron chi connectivity index (χ4n) is 3.69. The molecular weight excluding hydrogens is 422 g/mol. The number of thiophene rings is 1. The molecule has 0 atom stereocenters. The fraction of sp³-hybridized carbons (Fsp3) is 0.286. The number of ether oxygens (including phenoxy) is 1. The van der Waals surface area contributed by atoms with Crippen molar-refractivity contribution in [2.75, 3.05) is 26.0 Å². The average molecular weight is 442 g/mol. The number of halogens is 1. The Morgan fingerprint density at radius 3 is 3.00 bits per heavy atom. The summed E-state index contributed by atoms with van der Waals surface area (Å²) < 4.78 is 10.7. The van der Waals surface area contributed by atoms with Crippen LogP contribution < -0.4 is 10.1 Å². The van der Waals surface area contributed by atoms with Gasteiger partial charge in [0.2, 0.25) is 5.82 Å². The van der Waals surface area contributed by atoms with E-state index in [-0.39, 0.29) is 0 Å². The van der Waals surface area contributed by atoms with E-state index in [1.165, 1.54) is 16.8 Å². The summed E-state index contributed by atoms with van der Waals surface area (Å²) in [5.41, 5.74) is 2.38. The second-order valence-electron chi connectivity index (χ2n) is 7.26. The highest BCUT2D eigenvalue weighted by molar-refractivity contribution is 7.19. The number of hydrogen-bond acceptors (Lipinski definition) is 8. The van der Waals surface area contributed by atoms with E-state index in [1.807, 2.05) is 18.2 Å². The quantitative estimate of drug-likeness (QED) is 0.484. The molecule has 4 heterocycles. The van der Waals surface area contributed by atoms with Crippen molar-refractivity contribution >= 4 is 39.0 Å². The van der Waals surface area contributed by atoms with Crippen molar-refractivity contribution in [1.82, 2.24) is 19.9 Å². The molecule has 0 aliphatic carbocycles. The van der Waals surface area contributed by atoms with Crippen molar-refractivity contribution < 1.29 is 9.15 Å². The number of benzene rings is 1. The topological polar surface area (TPSA) is 76.3 Å². The van der Waals surface area contributed by atoms with Gasteiger partial charge in [0, 0.05) is 24.5 Å². The lowest BCUT2D eigenvalue weighted by Crippen LogP contribution is -2.25. The van der Waals surface area contributed by atoms with Crippen molar-refractivity contribution in [1.29, 1.82) is 0 Å². The number of oxazole rings is 1. The number of nitrogens with zero attached hydrogens (tertiary/aromatic N) is 4. The Morgan fingerprint density at radius 1 is 1.33 bits per heavy atom. The second-order valence-corrected chi connectivity index (χ2v) is 8.75. The third-order valence-corrected chi connectivity index (χ3v) is 6.63. The van der Waals surface area contributed by atoms with E-state index in [0.717, 1.165) is 41.1 Å². The lowest BCUT2D eigenvalue weighted by atomic mass is 10.1. The molecule has 0 radical (unpaired) electrons. The van der Waals surface area contributed by atoms with Crippen LogP contribution in [-0.4, -0.2) is 40.6 Å². The molecule has 154 valence electrons. The molecule has 1 aliphatic heterocycles. The molecule has 1 aliphatic rings. The van der Waals surface area contributed by atoms with Crippen LogP contribution in [0.15, 0.2) is 35.2 Å². The van der Waals surface area contributed by atoms with Gasteiger partial charge >= 0.3 is 0 Å². The predicted octanol–water partition coefficient (Wildman–Crippen LogP) is 4.61. The molecule has 0 spiro atoms. The monoisotopic (exact) mass is 441 g/mol. The Kier molecular flexibility index (Phi) is 5.06. The maximum Gasteiger partial charge on any atom is 0.200 e. The molecule has 0 unspecified atom stereocenters. The van der Waals surface area contributed by atoms with Crippen LogP contribution in [0, 0.1) is 0 Å². The number of likely N-dealkylation sites (N-methyl/N-ethyl adjacent to an activating group) is 1. The SMILES string of the molecule is COc1ccc(CNc2nc(-c3cnco3)nc3sc4c(c23)CCN(C)C4)cc1Cl. The Balaban J connectivity index is 1.55. The number of nitrogens with one attached hydrogen (secondary N) is 1. The van der Waals surface area contributed by atoms with Crippen molar-refractivity contribution in [2.45, 2.75) is 19.5 Å². The first-order chi connectivity index (χ1) is 14.6. The molecule has 3 aromatic heterocycles. The van der Waals surface area contributed by atoms with E-state index in [1.54, 1.807) is 24.6 Å². The largest absolute Gasteiger partial charge is 0.495 e. The minimum absolute atomic E-state index is 0.530. The summed E-state index contributed by atoms with van der Waals surface area (Å²) in [7, 11) is 3.75. The summed E-state index contributed by atoms with van der Waals surface area (Å²) in [4.78, 5) is 18.2. The summed E-state index contributed by atoms with van der Waals surface area (Å²) >= 11 is 8.02. The molecule has 0 amide bonds. The number of rotatable bonds is 5. The van der Waals surface area contributed by atoms with Gasteiger partial charge in [0.15, 0.2) is 12.2 Å². The Bertz CT molecular complexity index is 1210. The molecule has 7 nitrogen and oxygen atoms in total. The van der Waals surface area contributed by atoms with Crippen LogP contribution in [0.25, 0.3) is 21.8 Å². The highest BCUT2D eigenvalue weighted by Gasteiger charge is 2.24. The summed E-state index contributed by atoms with van der Waals surface area (Å²) in [6.07, 6.45) is 4.01. The highest BCUT2D eigenvalue weighted by Crippen LogP contribution is 2.38. The van der Waals surface area contributed by atoms with Gasteiger partial charge in [-0.15, -0.1) is 11.3 Å². The van der Waals surface area contributed by atoms with Gasteiger partial charge in [-0.2, -0.15) is 0 Å². The number of aromatic nitrogens is 3. The molecule has 0 saturated carbocycles. The normalized spacial score (nSPS) is 14.1. The first-order valence-corrected chi connectivity index (χ1v) is 10.8. The average Bonchev–Trinajstić information content (AvgIpc) is 3.39. The van der Waals surface area contributed by atoms with E-state index < -0.39 is 0 Å². The predicted molar refractivity (Wildman–Crippen MR) is 118 cm³/mol. The summed E-state index contributed by atoms with van der Waals surface area (Å²) in [5.74, 6) is 2.55. The smallest absolute Gasteiger partial charge is 0.200 e. The fourth-order valence-corrected chi connectivity index (χ4v) is 5.27. The molecule has 9 heteroatoms. The molecule has 1 aromatic carbocycles. The van der Waals surface area contributed by atoms with E-state index in [2.05, 4.69) is 22.2 Å². The van der Waals surface area contributed by atoms with Crippen LogP contribution in [0.1, 0.15) is 16.0 Å². The maximum absolute atomic E-state index is 6.29. The third-order valence-electron chi connectivity index (χ3n) is 5.22. The van der Waals surface area contributed by atoms with Gasteiger partial charge in [0.05, 0.1) is 23.7 Å². The van der Waals surface area contributed by atoms with Crippen LogP contribution in [0.2, 0.25) is 5.02 Å². The summed E-state index contributed by atoms with van der Waals surface area (Å²) in [6.45, 7) is 2.54. The molecule has 30 heavy (non-hydrogen) atoms. The Hall–Kier alpha value is -2.68. The number of hydrogen-bond donors (Lipinski definition) is 1. The zero-order valence-corrected chi connectivity index (χ0v) is 18.2. The van der Waals surface area contributed by atoms with Gasteiger partial charge in [0.1, 0.15) is 16.4 Å². The Labute approximate surface area is 182 Å². The number of anilines is 1. The first kappa shape index (κ1) is 19.3. The highest BCUT2D eigenvalue weighted by atomic mass is 35.5. The molecular formula is C21H20ClN5O2S. The minimum Gasteiger partial charge on any atom is -0.495 e. The summed E-state index contributed by atoms with van der Waals surface area (Å²) in [5, 5.41) is 5.19. The minimum atomic E-state index is 0.530. The van der Waals surface area contributed by atoms with Crippen LogP contribution in [-0.2, 0) is 19.5 Å². The van der Waals surface area contributed by atoms with Gasteiger partial charge in [-0.05, 0) is 36.7 Å². The van der Waals surface area contributed by atoms with Crippen molar-refractivity contribution in [3.05, 3.63) is 51.8 Å². The van der Waals surface area contributed by atoms with E-state index in [4.69, 9.17) is 30.7 Å². The standard InChI is InChI=1S/C21H20ClN5O2S/c1-27-6-5-13-17(10-27)30-21-18(13)20(25-19(26-21)16-9-23-11-29-16)24-8-12-3-4-15(28-2)14(22)7-12/h3-4,7,9,11H,5-6,8,10H2,1-2H3,(H,24,25,26). The van der Waals surface area contributed by atoms with Crippen LogP contribution in [0.4, 0.5) is 5.82 Å². The number of methoxy groups -OCH3 is 1. The lowest BCUT2D eigenvalue weighted by molar-refractivity contribution is 0.318. The molecule has 0 saturated heterocycles. The Morgan fingerprint density at radius 2 is 2.23 bits per heavy atom. The third kappa shape index (κ3) is 3.51. The van der Waals surface area contributed by atoms with E-state index in [9.17, 15) is 0 Å². The van der Waals surface area contributed by atoms with Crippen molar-refractivity contribution in [3.63, 3.8) is 0 Å². The van der Waals surface area contributed by atoms with Crippen molar-refractivity contribution in [3.8, 4) is 17.3 Å². The first-order valence-electron chi connectivity index (χ1n) is 9.58. The van der Waals surface area contributed by atoms with Crippen LogP contribution in [0.5, 0.6) is 5.75 Å². The maximum atomic E-state index is 6.29. The van der Waals surface area contributed by atoms with Crippen LogP contribution >= 0.6 is 22.9 Å². The van der Waals surface area contributed by atoms with E-state index >= 15 is 0 Å². The van der Waals surface area contributed by atoms with Gasteiger partial charge in [-0.25, -0.2) is 15.0 Å². The summed E-state index contributed by atoms with van der Waals surface area (Å²) in [6, 6.07) is 5.77. The zero-order valence-electron chi connectivity index (χ0n) is 16.6. The number of fused-ring (bicyclic) bond motifs is 3. The lowest BCUT2D eigenvalue weighted by Gasteiger charge is -2.22. The molecule has 0 fully saturated rings. The molecule has 5 rings (SSSR count). The van der Waals surface area contributed by atoms with E-state index in [0.29, 0.717) is 28.9 Å². The second kappa shape index (κ2) is 7.86. The van der Waals surface area contributed by atoms with Gasteiger partial charge in [-0.1, -0.05) is 17.7 Å².